The summed E-state index contributed by atoms with van der Waals surface area (Å²) >= 11 is 0. The summed E-state index contributed by atoms with van der Waals surface area (Å²) in [5.74, 6) is 0.571. The Labute approximate surface area is 164 Å². The Morgan fingerprint density at radius 3 is 1.93 bits per heavy atom. The summed E-state index contributed by atoms with van der Waals surface area (Å²) in [6, 6.07) is 15.8. The lowest BCUT2D eigenvalue weighted by molar-refractivity contribution is 0.215. The van der Waals surface area contributed by atoms with E-state index in [9.17, 15) is 4.79 Å². The van der Waals surface area contributed by atoms with Gasteiger partial charge in [-0.25, -0.2) is 4.79 Å². The van der Waals surface area contributed by atoms with Crippen molar-refractivity contribution in [1.82, 2.24) is 0 Å². The molecule has 2 rings (SSSR count). The van der Waals surface area contributed by atoms with Gasteiger partial charge in [-0.05, 0) is 61.1 Å². The van der Waals surface area contributed by atoms with E-state index in [1.54, 1.807) is 0 Å². The Morgan fingerprint density at radius 1 is 0.741 bits per heavy atom. The maximum Gasteiger partial charge on any atom is 0.417 e. The molecule has 3 nitrogen and oxygen atoms in total. The van der Waals surface area contributed by atoms with Gasteiger partial charge in [0, 0.05) is 5.69 Å². The number of aryl methyl sites for hydroxylation is 2. The first-order valence-electron chi connectivity index (χ1n) is 10.4. The van der Waals surface area contributed by atoms with Crippen LogP contribution < -0.4 is 10.1 Å². The second-order valence-electron chi connectivity index (χ2n) is 7.12. The average molecular weight is 368 g/mol. The Balaban J connectivity index is 1.75. The fourth-order valence-electron chi connectivity index (χ4n) is 3.04. The zero-order valence-electron chi connectivity index (χ0n) is 16.8. The fraction of sp³-hybridized carbons (Fsp3) is 0.458. The van der Waals surface area contributed by atoms with E-state index >= 15 is 0 Å². The highest BCUT2D eigenvalue weighted by molar-refractivity contribution is 5.86. The van der Waals surface area contributed by atoms with Gasteiger partial charge in [-0.1, -0.05) is 70.2 Å². The average Bonchev–Trinajstić information content (AvgIpc) is 2.68. The second-order valence-corrected chi connectivity index (χ2v) is 7.12. The van der Waals surface area contributed by atoms with Crippen LogP contribution in [0.3, 0.4) is 0 Å². The Kier molecular flexibility index (Phi) is 9.47. The van der Waals surface area contributed by atoms with Gasteiger partial charge >= 0.3 is 6.09 Å². The van der Waals surface area contributed by atoms with Crippen LogP contribution in [0, 0.1) is 0 Å². The van der Waals surface area contributed by atoms with Crippen molar-refractivity contribution in [2.75, 3.05) is 5.32 Å². The minimum atomic E-state index is -0.455. The number of ether oxygens (including phenoxy) is 1. The van der Waals surface area contributed by atoms with Crippen LogP contribution in [-0.4, -0.2) is 6.09 Å². The Hall–Kier alpha value is -2.29. The van der Waals surface area contributed by atoms with Crippen LogP contribution in [0.25, 0.3) is 0 Å². The minimum Gasteiger partial charge on any atom is -0.410 e. The van der Waals surface area contributed by atoms with Crippen LogP contribution in [0.15, 0.2) is 48.5 Å². The third-order valence-corrected chi connectivity index (χ3v) is 4.72. The van der Waals surface area contributed by atoms with Crippen molar-refractivity contribution in [2.45, 2.75) is 71.6 Å². The van der Waals surface area contributed by atoms with Gasteiger partial charge in [-0.2, -0.15) is 0 Å². The predicted octanol–water partition coefficient (Wildman–Crippen LogP) is 7.15. The Bertz CT molecular complexity index is 662. The van der Waals surface area contributed by atoms with Crippen LogP contribution in [0.4, 0.5) is 10.5 Å². The van der Waals surface area contributed by atoms with Gasteiger partial charge in [0.15, 0.2) is 0 Å². The van der Waals surface area contributed by atoms with E-state index in [2.05, 4.69) is 31.3 Å². The number of carbonyl (C=O) groups excluding carboxylic acids is 1. The molecule has 146 valence electrons. The van der Waals surface area contributed by atoms with Crippen LogP contribution in [0.5, 0.6) is 5.75 Å². The van der Waals surface area contributed by atoms with E-state index in [-0.39, 0.29) is 0 Å². The van der Waals surface area contributed by atoms with Gasteiger partial charge in [0.05, 0.1) is 0 Å². The normalized spacial score (nSPS) is 10.6. The second kappa shape index (κ2) is 12.2. The van der Waals surface area contributed by atoms with E-state index < -0.39 is 6.09 Å². The third kappa shape index (κ3) is 8.29. The highest BCUT2D eigenvalue weighted by Gasteiger charge is 2.05. The van der Waals surface area contributed by atoms with Crippen molar-refractivity contribution in [3.8, 4) is 5.75 Å². The molecule has 0 saturated heterocycles. The number of rotatable bonds is 11. The molecule has 2 aromatic carbocycles. The largest absolute Gasteiger partial charge is 0.417 e. The molecule has 0 saturated carbocycles. The topological polar surface area (TPSA) is 38.3 Å². The summed E-state index contributed by atoms with van der Waals surface area (Å²) in [5, 5.41) is 2.78. The van der Waals surface area contributed by atoms with Crippen LogP contribution in [0.1, 0.15) is 69.9 Å². The molecular weight excluding hydrogens is 334 g/mol. The zero-order chi connectivity index (χ0) is 19.3. The molecule has 1 N–H and O–H groups in total. The van der Waals surface area contributed by atoms with Gasteiger partial charge in [0.25, 0.3) is 0 Å². The maximum atomic E-state index is 12.1. The molecule has 0 unspecified atom stereocenters. The molecule has 0 bridgehead atoms. The quantitative estimate of drug-likeness (QED) is 0.428. The lowest BCUT2D eigenvalue weighted by Gasteiger charge is -2.08. The van der Waals surface area contributed by atoms with Crippen molar-refractivity contribution in [1.29, 1.82) is 0 Å². The standard InChI is InChI=1S/C24H33NO2/c1-3-5-7-8-9-11-21-14-18-23(19-15-21)27-24(26)25-22-16-12-20(13-17-22)10-6-4-2/h12-19H,3-11H2,1-2H3,(H,25,26). The van der Waals surface area contributed by atoms with E-state index in [0.29, 0.717) is 5.75 Å². The molecule has 0 atom stereocenters. The maximum absolute atomic E-state index is 12.1. The van der Waals surface area contributed by atoms with Crippen molar-refractivity contribution in [3.63, 3.8) is 0 Å². The van der Waals surface area contributed by atoms with Gasteiger partial charge in [0.2, 0.25) is 0 Å². The van der Waals surface area contributed by atoms with Crippen molar-refractivity contribution < 1.29 is 9.53 Å². The third-order valence-electron chi connectivity index (χ3n) is 4.72. The molecule has 0 aromatic heterocycles. The highest BCUT2D eigenvalue weighted by Crippen LogP contribution is 2.17. The van der Waals surface area contributed by atoms with E-state index in [4.69, 9.17) is 4.74 Å². The first-order valence-corrected chi connectivity index (χ1v) is 10.4. The summed E-state index contributed by atoms with van der Waals surface area (Å²) in [6.45, 7) is 4.42. The molecule has 0 spiro atoms. The van der Waals surface area contributed by atoms with Gasteiger partial charge in [-0.3, -0.25) is 5.32 Å². The number of amides is 1. The van der Waals surface area contributed by atoms with Gasteiger partial charge in [0.1, 0.15) is 5.75 Å². The van der Waals surface area contributed by atoms with Crippen LogP contribution in [-0.2, 0) is 12.8 Å². The summed E-state index contributed by atoms with van der Waals surface area (Å²) in [5.41, 5.74) is 3.34. The molecule has 3 heteroatoms. The first kappa shape index (κ1) is 21.0. The molecule has 2 aromatic rings. The number of benzene rings is 2. The van der Waals surface area contributed by atoms with E-state index in [1.165, 1.54) is 56.1 Å². The van der Waals surface area contributed by atoms with Crippen LogP contribution in [0.2, 0.25) is 0 Å². The fourth-order valence-corrected chi connectivity index (χ4v) is 3.04. The molecule has 27 heavy (non-hydrogen) atoms. The van der Waals surface area contributed by atoms with Gasteiger partial charge < -0.3 is 4.74 Å². The number of carbonyl (C=O) groups is 1. The van der Waals surface area contributed by atoms with Crippen molar-refractivity contribution >= 4 is 11.8 Å². The number of nitrogens with one attached hydrogen (secondary N) is 1. The minimum absolute atomic E-state index is 0.455. The zero-order valence-corrected chi connectivity index (χ0v) is 16.8. The molecule has 0 fully saturated rings. The first-order chi connectivity index (χ1) is 13.2. The summed E-state index contributed by atoms with van der Waals surface area (Å²) in [6.07, 6.45) is 10.5. The number of unbranched alkanes of at least 4 members (excludes halogenated alkanes) is 5. The van der Waals surface area contributed by atoms with Crippen molar-refractivity contribution in [3.05, 3.63) is 59.7 Å². The summed E-state index contributed by atoms with van der Waals surface area (Å²) in [4.78, 5) is 12.1. The molecule has 0 heterocycles. The Morgan fingerprint density at radius 2 is 1.30 bits per heavy atom. The molecule has 1 amide bonds. The van der Waals surface area contributed by atoms with Gasteiger partial charge in [-0.15, -0.1) is 0 Å². The monoisotopic (exact) mass is 367 g/mol. The number of hydrogen-bond donors (Lipinski definition) is 1. The molecule has 0 radical (unpaired) electrons. The predicted molar refractivity (Wildman–Crippen MR) is 114 cm³/mol. The van der Waals surface area contributed by atoms with E-state index in [0.717, 1.165) is 18.5 Å². The number of hydrogen-bond acceptors (Lipinski definition) is 2. The molecule has 0 aliphatic rings. The summed E-state index contributed by atoms with van der Waals surface area (Å²) in [7, 11) is 0. The SMILES string of the molecule is CCCCCCCc1ccc(OC(=O)Nc2ccc(CCCC)cc2)cc1. The molecule has 0 aliphatic heterocycles. The lowest BCUT2D eigenvalue weighted by Crippen LogP contribution is -2.16. The molecular formula is C24H33NO2. The van der Waals surface area contributed by atoms with E-state index in [1.807, 2.05) is 36.4 Å². The lowest BCUT2D eigenvalue weighted by atomic mass is 10.1. The number of anilines is 1. The highest BCUT2D eigenvalue weighted by atomic mass is 16.6. The summed E-state index contributed by atoms with van der Waals surface area (Å²) < 4.78 is 5.38. The molecule has 0 aliphatic carbocycles. The van der Waals surface area contributed by atoms with Crippen LogP contribution >= 0.6 is 0 Å². The smallest absolute Gasteiger partial charge is 0.410 e. The van der Waals surface area contributed by atoms with Crippen molar-refractivity contribution in [2.24, 2.45) is 0 Å².